The van der Waals surface area contributed by atoms with Gasteiger partial charge in [0.25, 0.3) is 0 Å². The molecule has 0 radical (unpaired) electrons. The SMILES string of the molecule is CNC(COCCC1CCC1)c1ccc(C)cc1. The van der Waals surface area contributed by atoms with E-state index in [0.717, 1.165) is 19.1 Å². The lowest BCUT2D eigenvalue weighted by molar-refractivity contribution is 0.0904. The highest BCUT2D eigenvalue weighted by Crippen LogP contribution is 2.29. The molecule has 1 N–H and O–H groups in total. The first kappa shape index (κ1) is 13.6. The topological polar surface area (TPSA) is 21.3 Å². The Hall–Kier alpha value is -0.860. The summed E-state index contributed by atoms with van der Waals surface area (Å²) in [5, 5.41) is 3.33. The van der Waals surface area contributed by atoms with Crippen molar-refractivity contribution in [2.45, 2.75) is 38.6 Å². The molecular formula is C16H25NO. The van der Waals surface area contributed by atoms with Gasteiger partial charge in [-0.05, 0) is 31.9 Å². The number of nitrogens with one attached hydrogen (secondary N) is 1. The molecule has 0 aromatic heterocycles. The molecular weight excluding hydrogens is 222 g/mol. The highest BCUT2D eigenvalue weighted by molar-refractivity contribution is 5.24. The van der Waals surface area contributed by atoms with E-state index >= 15 is 0 Å². The fourth-order valence-corrected chi connectivity index (χ4v) is 2.38. The summed E-state index contributed by atoms with van der Waals surface area (Å²) < 4.78 is 5.82. The Morgan fingerprint density at radius 3 is 2.56 bits per heavy atom. The Morgan fingerprint density at radius 1 is 1.28 bits per heavy atom. The van der Waals surface area contributed by atoms with Gasteiger partial charge in [0.05, 0.1) is 12.6 Å². The number of rotatable bonds is 7. The number of likely N-dealkylation sites (N-methyl/N-ethyl adjacent to an activating group) is 1. The average Bonchev–Trinajstić information content (AvgIpc) is 2.33. The van der Waals surface area contributed by atoms with Gasteiger partial charge in [-0.2, -0.15) is 0 Å². The first-order chi connectivity index (χ1) is 8.79. The summed E-state index contributed by atoms with van der Waals surface area (Å²) >= 11 is 0. The van der Waals surface area contributed by atoms with Crippen molar-refractivity contribution >= 4 is 0 Å². The molecule has 2 heteroatoms. The minimum absolute atomic E-state index is 0.312. The highest BCUT2D eigenvalue weighted by Gasteiger charge is 2.17. The molecule has 1 aromatic rings. The zero-order valence-corrected chi connectivity index (χ0v) is 11.6. The number of hydrogen-bond donors (Lipinski definition) is 1. The third-order valence-electron chi connectivity index (χ3n) is 4.01. The Labute approximate surface area is 111 Å². The van der Waals surface area contributed by atoms with Crippen LogP contribution in [0.15, 0.2) is 24.3 Å². The van der Waals surface area contributed by atoms with Crippen molar-refractivity contribution in [3.63, 3.8) is 0 Å². The number of hydrogen-bond acceptors (Lipinski definition) is 2. The van der Waals surface area contributed by atoms with Crippen molar-refractivity contribution in [3.05, 3.63) is 35.4 Å². The standard InChI is InChI=1S/C16H25NO/c1-13-6-8-15(9-7-13)16(17-2)12-18-11-10-14-4-3-5-14/h6-9,14,16-17H,3-5,10-12H2,1-2H3. The molecule has 1 atom stereocenters. The second-order valence-corrected chi connectivity index (χ2v) is 5.41. The lowest BCUT2D eigenvalue weighted by Gasteiger charge is -2.25. The molecule has 1 aromatic carbocycles. The smallest absolute Gasteiger partial charge is 0.0661 e. The van der Waals surface area contributed by atoms with E-state index in [9.17, 15) is 0 Å². The first-order valence-electron chi connectivity index (χ1n) is 7.11. The van der Waals surface area contributed by atoms with Gasteiger partial charge >= 0.3 is 0 Å². The molecule has 0 amide bonds. The summed E-state index contributed by atoms with van der Waals surface area (Å²) in [7, 11) is 2.00. The summed E-state index contributed by atoms with van der Waals surface area (Å²) in [6.07, 6.45) is 5.49. The van der Waals surface area contributed by atoms with Crippen LogP contribution in [0.2, 0.25) is 0 Å². The van der Waals surface area contributed by atoms with E-state index in [1.165, 1.54) is 36.8 Å². The van der Waals surface area contributed by atoms with Crippen molar-refractivity contribution in [3.8, 4) is 0 Å². The normalized spacial score (nSPS) is 17.4. The van der Waals surface area contributed by atoms with Crippen molar-refractivity contribution in [2.75, 3.05) is 20.3 Å². The van der Waals surface area contributed by atoms with Crippen molar-refractivity contribution in [1.82, 2.24) is 5.32 Å². The third-order valence-corrected chi connectivity index (χ3v) is 4.01. The van der Waals surface area contributed by atoms with Crippen molar-refractivity contribution < 1.29 is 4.74 Å². The zero-order chi connectivity index (χ0) is 12.8. The van der Waals surface area contributed by atoms with Gasteiger partial charge in [-0.15, -0.1) is 0 Å². The van der Waals surface area contributed by atoms with Crippen LogP contribution in [0.3, 0.4) is 0 Å². The van der Waals surface area contributed by atoms with Gasteiger partial charge in [-0.1, -0.05) is 49.1 Å². The molecule has 18 heavy (non-hydrogen) atoms. The molecule has 2 rings (SSSR count). The fraction of sp³-hybridized carbons (Fsp3) is 0.625. The largest absolute Gasteiger partial charge is 0.379 e. The minimum Gasteiger partial charge on any atom is -0.379 e. The van der Waals surface area contributed by atoms with E-state index in [2.05, 4.69) is 36.5 Å². The van der Waals surface area contributed by atoms with E-state index in [-0.39, 0.29) is 0 Å². The monoisotopic (exact) mass is 247 g/mol. The van der Waals surface area contributed by atoms with Gasteiger partial charge in [-0.3, -0.25) is 0 Å². The minimum atomic E-state index is 0.312. The Morgan fingerprint density at radius 2 is 2.00 bits per heavy atom. The highest BCUT2D eigenvalue weighted by atomic mass is 16.5. The van der Waals surface area contributed by atoms with E-state index in [1.54, 1.807) is 0 Å². The lowest BCUT2D eigenvalue weighted by Crippen LogP contribution is -2.23. The van der Waals surface area contributed by atoms with Gasteiger partial charge < -0.3 is 10.1 Å². The van der Waals surface area contributed by atoms with Crippen LogP contribution in [-0.2, 0) is 4.74 Å². The first-order valence-corrected chi connectivity index (χ1v) is 7.11. The molecule has 0 aliphatic heterocycles. The molecule has 0 saturated heterocycles. The Balaban J connectivity index is 1.72. The van der Waals surface area contributed by atoms with Crippen molar-refractivity contribution in [1.29, 1.82) is 0 Å². The quantitative estimate of drug-likeness (QED) is 0.745. The van der Waals surface area contributed by atoms with Crippen LogP contribution in [0.5, 0.6) is 0 Å². The van der Waals surface area contributed by atoms with Gasteiger partial charge in [0.1, 0.15) is 0 Å². The van der Waals surface area contributed by atoms with E-state index in [4.69, 9.17) is 4.74 Å². The third kappa shape index (κ3) is 3.82. The second kappa shape index (κ2) is 6.91. The molecule has 0 spiro atoms. The van der Waals surface area contributed by atoms with E-state index in [0.29, 0.717) is 6.04 Å². The molecule has 2 nitrogen and oxygen atoms in total. The van der Waals surface area contributed by atoms with Gasteiger partial charge in [0.15, 0.2) is 0 Å². The van der Waals surface area contributed by atoms with E-state index < -0.39 is 0 Å². The molecule has 0 heterocycles. The van der Waals surface area contributed by atoms with Gasteiger partial charge in [0.2, 0.25) is 0 Å². The fourth-order valence-electron chi connectivity index (χ4n) is 2.38. The zero-order valence-electron chi connectivity index (χ0n) is 11.6. The van der Waals surface area contributed by atoms with Crippen LogP contribution < -0.4 is 5.32 Å². The molecule has 1 saturated carbocycles. The molecule has 1 fully saturated rings. The summed E-state index contributed by atoms with van der Waals surface area (Å²) in [6.45, 7) is 3.80. The van der Waals surface area contributed by atoms with E-state index in [1.807, 2.05) is 7.05 Å². The Kier molecular flexibility index (Phi) is 5.21. The maximum atomic E-state index is 5.82. The molecule has 100 valence electrons. The summed E-state index contributed by atoms with van der Waals surface area (Å²) in [5.41, 5.74) is 2.62. The second-order valence-electron chi connectivity index (χ2n) is 5.41. The summed E-state index contributed by atoms with van der Waals surface area (Å²) in [4.78, 5) is 0. The van der Waals surface area contributed by atoms with Gasteiger partial charge in [-0.25, -0.2) is 0 Å². The van der Waals surface area contributed by atoms with Crippen LogP contribution in [0.4, 0.5) is 0 Å². The van der Waals surface area contributed by atoms with Crippen LogP contribution in [0.1, 0.15) is 42.9 Å². The lowest BCUT2D eigenvalue weighted by atomic mass is 9.83. The molecule has 1 unspecified atom stereocenters. The Bertz CT molecular complexity index is 343. The van der Waals surface area contributed by atoms with Crippen molar-refractivity contribution in [2.24, 2.45) is 5.92 Å². The summed E-state index contributed by atoms with van der Waals surface area (Å²) in [5.74, 6) is 0.942. The molecule has 1 aliphatic rings. The predicted octanol–water partition coefficient (Wildman–Crippen LogP) is 3.46. The van der Waals surface area contributed by atoms with Crippen LogP contribution in [-0.4, -0.2) is 20.3 Å². The summed E-state index contributed by atoms with van der Waals surface area (Å²) in [6, 6.07) is 9.01. The number of aryl methyl sites for hydroxylation is 1. The average molecular weight is 247 g/mol. The maximum Gasteiger partial charge on any atom is 0.0661 e. The molecule has 1 aliphatic carbocycles. The van der Waals surface area contributed by atoms with Crippen LogP contribution >= 0.6 is 0 Å². The number of benzene rings is 1. The predicted molar refractivity (Wildman–Crippen MR) is 75.8 cm³/mol. The number of ether oxygens (including phenoxy) is 1. The maximum absolute atomic E-state index is 5.82. The van der Waals surface area contributed by atoms with Crippen LogP contribution in [0.25, 0.3) is 0 Å². The van der Waals surface area contributed by atoms with Crippen LogP contribution in [0, 0.1) is 12.8 Å². The molecule has 0 bridgehead atoms. The van der Waals surface area contributed by atoms with Gasteiger partial charge in [0, 0.05) is 6.61 Å².